The van der Waals surface area contributed by atoms with Gasteiger partial charge < -0.3 is 10.5 Å². The first-order valence-corrected chi connectivity index (χ1v) is 7.67. The predicted octanol–water partition coefficient (Wildman–Crippen LogP) is 5.53. The molecule has 3 aromatic carbocycles. The number of alkyl halides is 3. The smallest absolute Gasteiger partial charge is 0.416 e. The van der Waals surface area contributed by atoms with E-state index in [1.807, 2.05) is 30.3 Å². The second-order valence-electron chi connectivity index (χ2n) is 5.60. The molecule has 0 fully saturated rings. The molecule has 0 spiro atoms. The van der Waals surface area contributed by atoms with Crippen molar-refractivity contribution in [1.29, 1.82) is 0 Å². The fraction of sp³-hybridized carbons (Fsp3) is 0.100. The number of halogens is 3. The minimum Gasteiger partial charge on any atom is -0.489 e. The molecule has 0 bridgehead atoms. The molecule has 3 aromatic rings. The maximum Gasteiger partial charge on any atom is 0.416 e. The van der Waals surface area contributed by atoms with Gasteiger partial charge >= 0.3 is 6.18 Å². The van der Waals surface area contributed by atoms with E-state index in [1.54, 1.807) is 24.3 Å². The van der Waals surface area contributed by atoms with Gasteiger partial charge in [0, 0.05) is 17.3 Å². The number of ether oxygens (including phenoxy) is 1. The predicted molar refractivity (Wildman–Crippen MR) is 92.1 cm³/mol. The molecule has 0 amide bonds. The summed E-state index contributed by atoms with van der Waals surface area (Å²) in [6, 6.07) is 19.8. The van der Waals surface area contributed by atoms with Crippen LogP contribution in [0.3, 0.4) is 0 Å². The average Bonchev–Trinajstić information content (AvgIpc) is 2.60. The first-order valence-electron chi connectivity index (χ1n) is 7.67. The van der Waals surface area contributed by atoms with Crippen LogP contribution in [0.2, 0.25) is 0 Å². The van der Waals surface area contributed by atoms with E-state index >= 15 is 0 Å². The average molecular weight is 343 g/mol. The lowest BCUT2D eigenvalue weighted by Gasteiger charge is -2.12. The van der Waals surface area contributed by atoms with Crippen molar-refractivity contribution in [3.8, 4) is 16.9 Å². The third-order valence-corrected chi connectivity index (χ3v) is 3.77. The van der Waals surface area contributed by atoms with Gasteiger partial charge in [0.2, 0.25) is 0 Å². The Morgan fingerprint density at radius 3 is 2.28 bits per heavy atom. The van der Waals surface area contributed by atoms with Crippen LogP contribution in [0.4, 0.5) is 18.9 Å². The molecule has 0 aliphatic heterocycles. The molecule has 0 saturated heterocycles. The van der Waals surface area contributed by atoms with Gasteiger partial charge in [-0.05, 0) is 35.4 Å². The zero-order valence-corrected chi connectivity index (χ0v) is 13.3. The highest BCUT2D eigenvalue weighted by molar-refractivity contribution is 5.77. The zero-order chi connectivity index (χ0) is 17.9. The van der Waals surface area contributed by atoms with Crippen molar-refractivity contribution in [2.24, 2.45) is 0 Å². The van der Waals surface area contributed by atoms with E-state index in [-0.39, 0.29) is 0 Å². The SMILES string of the molecule is Nc1cc(OCc2ccccc2)ccc1-c1cccc(C(F)(F)F)c1. The Labute approximate surface area is 143 Å². The molecule has 0 unspecified atom stereocenters. The standard InChI is InChI=1S/C20H16F3NO/c21-20(22,23)16-8-4-7-15(11-16)18-10-9-17(12-19(18)24)25-13-14-5-2-1-3-6-14/h1-12H,13,24H2. The van der Waals surface area contributed by atoms with E-state index in [0.717, 1.165) is 17.7 Å². The van der Waals surface area contributed by atoms with E-state index in [0.29, 0.717) is 29.2 Å². The third-order valence-electron chi connectivity index (χ3n) is 3.77. The number of nitrogen functional groups attached to an aromatic ring is 1. The Kier molecular flexibility index (Phi) is 4.65. The lowest BCUT2D eigenvalue weighted by Crippen LogP contribution is -2.04. The van der Waals surface area contributed by atoms with Gasteiger partial charge in [-0.25, -0.2) is 0 Å². The molecule has 25 heavy (non-hydrogen) atoms. The molecular weight excluding hydrogens is 327 g/mol. The fourth-order valence-electron chi connectivity index (χ4n) is 2.50. The summed E-state index contributed by atoms with van der Waals surface area (Å²) in [5.74, 6) is 0.567. The summed E-state index contributed by atoms with van der Waals surface area (Å²) in [7, 11) is 0. The van der Waals surface area contributed by atoms with Crippen molar-refractivity contribution in [2.75, 3.05) is 5.73 Å². The number of hydrogen-bond acceptors (Lipinski definition) is 2. The molecule has 0 aromatic heterocycles. The Hall–Kier alpha value is -2.95. The molecular formula is C20H16F3NO. The van der Waals surface area contributed by atoms with Crippen LogP contribution in [0.25, 0.3) is 11.1 Å². The number of hydrogen-bond donors (Lipinski definition) is 1. The Morgan fingerprint density at radius 2 is 1.60 bits per heavy atom. The van der Waals surface area contributed by atoms with E-state index < -0.39 is 11.7 Å². The van der Waals surface area contributed by atoms with E-state index in [2.05, 4.69) is 0 Å². The molecule has 128 valence electrons. The minimum absolute atomic E-state index is 0.366. The number of benzene rings is 3. The molecule has 0 heterocycles. The van der Waals surface area contributed by atoms with Gasteiger partial charge in [-0.3, -0.25) is 0 Å². The largest absolute Gasteiger partial charge is 0.489 e. The zero-order valence-electron chi connectivity index (χ0n) is 13.3. The van der Waals surface area contributed by atoms with Crippen LogP contribution in [-0.4, -0.2) is 0 Å². The highest BCUT2D eigenvalue weighted by Crippen LogP contribution is 2.35. The summed E-state index contributed by atoms with van der Waals surface area (Å²) in [6.07, 6.45) is -4.39. The van der Waals surface area contributed by atoms with Crippen molar-refractivity contribution in [1.82, 2.24) is 0 Å². The topological polar surface area (TPSA) is 35.2 Å². The lowest BCUT2D eigenvalue weighted by molar-refractivity contribution is -0.137. The normalized spacial score (nSPS) is 11.3. The highest BCUT2D eigenvalue weighted by Gasteiger charge is 2.30. The van der Waals surface area contributed by atoms with Crippen molar-refractivity contribution < 1.29 is 17.9 Å². The summed E-state index contributed by atoms with van der Waals surface area (Å²) in [5, 5.41) is 0. The maximum atomic E-state index is 12.9. The lowest BCUT2D eigenvalue weighted by atomic mass is 10.0. The number of nitrogens with two attached hydrogens (primary N) is 1. The Balaban J connectivity index is 1.80. The molecule has 0 radical (unpaired) electrons. The molecule has 2 N–H and O–H groups in total. The second kappa shape index (κ2) is 6.89. The molecule has 0 saturated carbocycles. The van der Waals surface area contributed by atoms with Gasteiger partial charge in [0.15, 0.2) is 0 Å². The van der Waals surface area contributed by atoms with Crippen molar-refractivity contribution in [2.45, 2.75) is 12.8 Å². The van der Waals surface area contributed by atoms with Gasteiger partial charge in [0.25, 0.3) is 0 Å². The van der Waals surface area contributed by atoms with Crippen molar-refractivity contribution in [3.05, 3.63) is 83.9 Å². The summed E-state index contributed by atoms with van der Waals surface area (Å²) in [6.45, 7) is 0.392. The van der Waals surface area contributed by atoms with Gasteiger partial charge in [-0.2, -0.15) is 13.2 Å². The highest BCUT2D eigenvalue weighted by atomic mass is 19.4. The molecule has 0 atom stereocenters. The van der Waals surface area contributed by atoms with Gasteiger partial charge in [-0.15, -0.1) is 0 Å². The molecule has 0 aliphatic rings. The maximum absolute atomic E-state index is 12.9. The summed E-state index contributed by atoms with van der Waals surface area (Å²) in [5.41, 5.74) is 7.66. The Bertz CT molecular complexity index is 860. The van der Waals surface area contributed by atoms with Crippen molar-refractivity contribution in [3.63, 3.8) is 0 Å². The summed E-state index contributed by atoms with van der Waals surface area (Å²) < 4.78 is 44.3. The second-order valence-corrected chi connectivity index (χ2v) is 5.60. The van der Waals surface area contributed by atoms with Crippen LogP contribution in [0.15, 0.2) is 72.8 Å². The molecule has 2 nitrogen and oxygen atoms in total. The minimum atomic E-state index is -4.39. The molecule has 5 heteroatoms. The summed E-state index contributed by atoms with van der Waals surface area (Å²) >= 11 is 0. The third kappa shape index (κ3) is 4.12. The number of anilines is 1. The van der Waals surface area contributed by atoms with Crippen LogP contribution in [-0.2, 0) is 12.8 Å². The first-order chi connectivity index (χ1) is 11.9. The molecule has 0 aliphatic carbocycles. The Morgan fingerprint density at radius 1 is 0.840 bits per heavy atom. The van der Waals surface area contributed by atoms with Crippen LogP contribution in [0.5, 0.6) is 5.75 Å². The fourth-order valence-corrected chi connectivity index (χ4v) is 2.50. The van der Waals surface area contributed by atoms with Gasteiger partial charge in [-0.1, -0.05) is 42.5 Å². The first kappa shape index (κ1) is 16.9. The summed E-state index contributed by atoms with van der Waals surface area (Å²) in [4.78, 5) is 0. The van der Waals surface area contributed by atoms with Gasteiger partial charge in [0.1, 0.15) is 12.4 Å². The monoisotopic (exact) mass is 343 g/mol. The van der Waals surface area contributed by atoms with Crippen LogP contribution in [0.1, 0.15) is 11.1 Å². The van der Waals surface area contributed by atoms with Crippen LogP contribution in [0, 0.1) is 0 Å². The van der Waals surface area contributed by atoms with E-state index in [1.165, 1.54) is 6.07 Å². The van der Waals surface area contributed by atoms with E-state index in [9.17, 15) is 13.2 Å². The van der Waals surface area contributed by atoms with Crippen LogP contribution < -0.4 is 10.5 Å². The van der Waals surface area contributed by atoms with Crippen molar-refractivity contribution >= 4 is 5.69 Å². The quantitative estimate of drug-likeness (QED) is 0.632. The number of rotatable bonds is 4. The molecule has 3 rings (SSSR count). The van der Waals surface area contributed by atoms with E-state index in [4.69, 9.17) is 10.5 Å². The van der Waals surface area contributed by atoms with Crippen LogP contribution >= 0.6 is 0 Å². The van der Waals surface area contributed by atoms with Gasteiger partial charge in [0.05, 0.1) is 5.56 Å².